The van der Waals surface area contributed by atoms with Gasteiger partial charge in [0.1, 0.15) is 24.1 Å². The van der Waals surface area contributed by atoms with E-state index in [1.54, 1.807) is 15.6 Å². The molecule has 1 N–H and O–H groups in total. The van der Waals surface area contributed by atoms with Crippen molar-refractivity contribution in [2.45, 2.75) is 46.2 Å². The highest BCUT2D eigenvalue weighted by atomic mass is 16.2. The average molecular weight is 496 g/mol. The Morgan fingerprint density at radius 3 is 2.49 bits per heavy atom. The third-order valence-electron chi connectivity index (χ3n) is 6.77. The van der Waals surface area contributed by atoms with Crippen LogP contribution in [0.5, 0.6) is 0 Å². The van der Waals surface area contributed by atoms with Crippen molar-refractivity contribution in [3.63, 3.8) is 0 Å². The molecule has 1 atom stereocenters. The smallest absolute Gasteiger partial charge is 0.248 e. The molecule has 1 saturated heterocycles. The molecular weight excluding hydrogens is 466 g/mol. The molecule has 5 rings (SSSR count). The lowest BCUT2D eigenvalue weighted by molar-refractivity contribution is -0.137. The number of fused-ring (bicyclic) bond motifs is 1. The molecule has 3 heterocycles. The number of ketones is 1. The molecule has 188 valence electrons. The minimum Gasteiger partial charge on any atom is -0.329 e. The minimum atomic E-state index is -0.572. The lowest BCUT2D eigenvalue weighted by atomic mass is 10.0. The van der Waals surface area contributed by atoms with Crippen LogP contribution >= 0.6 is 0 Å². The van der Waals surface area contributed by atoms with Crippen molar-refractivity contribution in [3.05, 3.63) is 77.6 Å². The van der Waals surface area contributed by atoms with E-state index in [0.29, 0.717) is 35.4 Å². The number of hydrogen-bond acceptors (Lipinski definition) is 5. The maximum Gasteiger partial charge on any atom is 0.248 e. The Hall–Kier alpha value is -4.33. The lowest BCUT2D eigenvalue weighted by Gasteiger charge is -2.24. The van der Waals surface area contributed by atoms with Crippen LogP contribution < -0.4 is 5.32 Å². The van der Waals surface area contributed by atoms with Gasteiger partial charge in [0, 0.05) is 24.5 Å². The number of aromatic nitrogens is 3. The van der Waals surface area contributed by atoms with E-state index in [-0.39, 0.29) is 24.1 Å². The largest absolute Gasteiger partial charge is 0.329 e. The first-order valence-electron chi connectivity index (χ1n) is 12.4. The van der Waals surface area contributed by atoms with Gasteiger partial charge in [-0.2, -0.15) is 5.10 Å². The van der Waals surface area contributed by atoms with Crippen LogP contribution in [0.4, 0.5) is 5.82 Å². The third-order valence-corrected chi connectivity index (χ3v) is 6.77. The molecule has 8 nitrogen and oxygen atoms in total. The molecule has 0 bridgehead atoms. The lowest BCUT2D eigenvalue weighted by Crippen LogP contribution is -2.44. The highest BCUT2D eigenvalue weighted by Crippen LogP contribution is 2.28. The molecule has 0 saturated carbocycles. The molecular formula is C29H29N5O3. The summed E-state index contributed by atoms with van der Waals surface area (Å²) in [4.78, 5) is 44.7. The molecule has 2 aromatic heterocycles. The number of hydrogen-bond donors (Lipinski definition) is 1. The maximum atomic E-state index is 13.4. The quantitative estimate of drug-likeness (QED) is 0.396. The second-order valence-corrected chi connectivity index (χ2v) is 9.56. The number of likely N-dealkylation sites (tertiary alicyclic amines) is 1. The number of amides is 2. The van der Waals surface area contributed by atoms with Crippen molar-refractivity contribution in [2.75, 3.05) is 11.9 Å². The fourth-order valence-electron chi connectivity index (χ4n) is 4.86. The van der Waals surface area contributed by atoms with E-state index in [9.17, 15) is 14.4 Å². The third kappa shape index (κ3) is 5.00. The Morgan fingerprint density at radius 1 is 1.00 bits per heavy atom. The van der Waals surface area contributed by atoms with Crippen LogP contribution in [0, 0.1) is 13.8 Å². The molecule has 4 aromatic rings. The zero-order valence-electron chi connectivity index (χ0n) is 21.2. The van der Waals surface area contributed by atoms with Crippen molar-refractivity contribution in [3.8, 4) is 11.1 Å². The molecule has 1 aliphatic rings. The van der Waals surface area contributed by atoms with E-state index in [0.717, 1.165) is 23.2 Å². The normalized spacial score (nSPS) is 15.2. The molecule has 1 fully saturated rings. The number of anilines is 1. The second kappa shape index (κ2) is 9.97. The zero-order chi connectivity index (χ0) is 26.1. The zero-order valence-corrected chi connectivity index (χ0v) is 21.2. The van der Waals surface area contributed by atoms with Gasteiger partial charge in [0.15, 0.2) is 5.78 Å². The summed E-state index contributed by atoms with van der Waals surface area (Å²) in [5.74, 6) is -0.155. The van der Waals surface area contributed by atoms with E-state index < -0.39 is 6.04 Å². The molecule has 0 aliphatic carbocycles. The van der Waals surface area contributed by atoms with Crippen LogP contribution in [0.2, 0.25) is 0 Å². The second-order valence-electron chi connectivity index (χ2n) is 9.56. The van der Waals surface area contributed by atoms with Crippen LogP contribution in [0.25, 0.3) is 22.0 Å². The predicted molar refractivity (Wildman–Crippen MR) is 142 cm³/mol. The van der Waals surface area contributed by atoms with Crippen LogP contribution in [0.15, 0.2) is 60.7 Å². The van der Waals surface area contributed by atoms with Crippen molar-refractivity contribution in [1.29, 1.82) is 0 Å². The maximum absolute atomic E-state index is 13.4. The first-order valence-corrected chi connectivity index (χ1v) is 12.4. The number of benzene rings is 2. The summed E-state index contributed by atoms with van der Waals surface area (Å²) >= 11 is 0. The first kappa shape index (κ1) is 24.4. The van der Waals surface area contributed by atoms with Crippen LogP contribution in [0.3, 0.4) is 0 Å². The van der Waals surface area contributed by atoms with Gasteiger partial charge in [-0.15, -0.1) is 0 Å². The van der Waals surface area contributed by atoms with Crippen molar-refractivity contribution < 1.29 is 14.4 Å². The fraction of sp³-hybridized carbons (Fsp3) is 0.276. The first-order chi connectivity index (χ1) is 17.8. The van der Waals surface area contributed by atoms with E-state index in [4.69, 9.17) is 0 Å². The number of pyridine rings is 1. The van der Waals surface area contributed by atoms with Gasteiger partial charge < -0.3 is 10.2 Å². The number of nitrogens with one attached hydrogen (secondary N) is 1. The Bertz CT molecular complexity index is 1510. The van der Waals surface area contributed by atoms with Crippen molar-refractivity contribution in [2.24, 2.45) is 0 Å². The Morgan fingerprint density at radius 2 is 1.76 bits per heavy atom. The summed E-state index contributed by atoms with van der Waals surface area (Å²) in [5.41, 5.74) is 5.03. The van der Waals surface area contributed by atoms with Gasteiger partial charge in [0.05, 0.1) is 5.52 Å². The molecule has 2 aromatic carbocycles. The molecule has 1 aliphatic heterocycles. The summed E-state index contributed by atoms with van der Waals surface area (Å²) in [7, 11) is 0. The van der Waals surface area contributed by atoms with Crippen LogP contribution in [-0.2, 0) is 16.1 Å². The molecule has 8 heteroatoms. The van der Waals surface area contributed by atoms with Gasteiger partial charge >= 0.3 is 0 Å². The molecule has 0 spiro atoms. The molecule has 37 heavy (non-hydrogen) atoms. The Labute approximate surface area is 215 Å². The number of Topliss-reactive ketones (excluding diaryl/α,β-unsaturated/α-hetero) is 1. The Balaban J connectivity index is 1.39. The van der Waals surface area contributed by atoms with Gasteiger partial charge in [0.25, 0.3) is 0 Å². The van der Waals surface area contributed by atoms with Crippen molar-refractivity contribution in [1.82, 2.24) is 19.7 Å². The van der Waals surface area contributed by atoms with Gasteiger partial charge in [-0.25, -0.2) is 4.98 Å². The fourth-order valence-corrected chi connectivity index (χ4v) is 4.86. The average Bonchev–Trinajstić information content (AvgIpc) is 3.50. The van der Waals surface area contributed by atoms with Crippen LogP contribution in [-0.4, -0.2) is 49.8 Å². The minimum absolute atomic E-state index is 0.0554. The predicted octanol–water partition coefficient (Wildman–Crippen LogP) is 4.55. The number of carbonyl (C=O) groups is 3. The Kier molecular flexibility index (Phi) is 6.56. The monoisotopic (exact) mass is 495 g/mol. The highest BCUT2D eigenvalue weighted by Gasteiger charge is 2.34. The number of rotatable bonds is 6. The summed E-state index contributed by atoms with van der Waals surface area (Å²) in [6, 6.07) is 18.8. The van der Waals surface area contributed by atoms with Gasteiger partial charge in [-0.05, 0) is 62.1 Å². The standard InChI is InChI=1S/C29H29N5O3/c1-18-9-11-21(12-10-18)22-13-14-24-23(16-22)28(20(3)35)32-34(24)17-27(36)33-15-5-7-25(33)29(37)31-26-8-4-6-19(2)30-26/h4,6,8-14,16,25H,5,7,15,17H2,1-3H3,(H,30,31,37)/t25-/m0/s1. The summed E-state index contributed by atoms with van der Waals surface area (Å²) in [5, 5.41) is 8.05. The van der Waals surface area contributed by atoms with E-state index in [2.05, 4.69) is 15.4 Å². The molecule has 0 radical (unpaired) electrons. The van der Waals surface area contributed by atoms with Crippen molar-refractivity contribution >= 4 is 34.3 Å². The number of carbonyl (C=O) groups excluding carboxylic acids is 3. The van der Waals surface area contributed by atoms with Crippen LogP contribution in [0.1, 0.15) is 41.5 Å². The van der Waals surface area contributed by atoms with E-state index >= 15 is 0 Å². The SMILES string of the molecule is CC(=O)c1nn(CC(=O)N2CCC[C@H]2C(=O)Nc2cccc(C)n2)c2ccc(-c3ccc(C)cc3)cc12. The number of nitrogens with zero attached hydrogens (tertiary/aromatic N) is 4. The van der Waals surface area contributed by atoms with Gasteiger partial charge in [-0.1, -0.05) is 42.0 Å². The number of aryl methyl sites for hydroxylation is 2. The summed E-state index contributed by atoms with van der Waals surface area (Å²) < 4.78 is 1.57. The highest BCUT2D eigenvalue weighted by molar-refractivity contribution is 6.06. The van der Waals surface area contributed by atoms with E-state index in [1.807, 2.05) is 68.4 Å². The molecule has 2 amide bonds. The van der Waals surface area contributed by atoms with Gasteiger partial charge in [0.2, 0.25) is 11.8 Å². The topological polar surface area (TPSA) is 97.2 Å². The summed E-state index contributed by atoms with van der Waals surface area (Å²) in [6.45, 7) is 5.81. The van der Waals surface area contributed by atoms with Gasteiger partial charge in [-0.3, -0.25) is 19.1 Å². The molecule has 0 unspecified atom stereocenters. The van der Waals surface area contributed by atoms with E-state index in [1.165, 1.54) is 12.5 Å². The summed E-state index contributed by atoms with van der Waals surface area (Å²) in [6.07, 6.45) is 1.32.